The summed E-state index contributed by atoms with van der Waals surface area (Å²) >= 11 is 0. The third-order valence-corrected chi connectivity index (χ3v) is 6.08. The van der Waals surface area contributed by atoms with Crippen molar-refractivity contribution in [3.05, 3.63) is 84.2 Å². The molecule has 2 heterocycles. The second kappa shape index (κ2) is 10.8. The summed E-state index contributed by atoms with van der Waals surface area (Å²) < 4.78 is 5.22. The number of benzene rings is 2. The smallest absolute Gasteiger partial charge is 0.225 e. The molecule has 6 nitrogen and oxygen atoms in total. The zero-order valence-corrected chi connectivity index (χ0v) is 18.9. The fraction of sp³-hybridized carbons (Fsp3) is 0.296. The zero-order valence-electron chi connectivity index (χ0n) is 18.9. The molecule has 0 saturated carbocycles. The average Bonchev–Trinajstić information content (AvgIpc) is 3.05. The van der Waals surface area contributed by atoms with E-state index >= 15 is 0 Å². The number of nitrogens with zero attached hydrogens (tertiary/aromatic N) is 2. The number of aromatic nitrogens is 1. The predicted molar refractivity (Wildman–Crippen MR) is 128 cm³/mol. The molecular formula is C27H29N3O3. The van der Waals surface area contributed by atoms with Gasteiger partial charge in [-0.05, 0) is 59.4 Å². The minimum absolute atomic E-state index is 0.0127. The quantitative estimate of drug-likeness (QED) is 0.607. The number of methoxy groups -OCH3 is 1. The highest BCUT2D eigenvalue weighted by atomic mass is 16.5. The topological polar surface area (TPSA) is 71.5 Å². The van der Waals surface area contributed by atoms with Gasteiger partial charge in [0, 0.05) is 38.4 Å². The van der Waals surface area contributed by atoms with Crippen molar-refractivity contribution < 1.29 is 14.3 Å². The molecule has 1 aliphatic rings. The van der Waals surface area contributed by atoms with E-state index in [1.54, 1.807) is 19.5 Å². The monoisotopic (exact) mass is 443 g/mol. The molecule has 33 heavy (non-hydrogen) atoms. The van der Waals surface area contributed by atoms with Gasteiger partial charge in [0.15, 0.2) is 0 Å². The number of hydrogen-bond acceptors (Lipinski definition) is 4. The second-order valence-electron chi connectivity index (χ2n) is 8.31. The highest BCUT2D eigenvalue weighted by Crippen LogP contribution is 2.24. The van der Waals surface area contributed by atoms with Crippen LogP contribution in [0.3, 0.4) is 0 Å². The number of carbonyl (C=O) groups excluding carboxylic acids is 2. The summed E-state index contributed by atoms with van der Waals surface area (Å²) in [5.74, 6) is 0.667. The van der Waals surface area contributed by atoms with Gasteiger partial charge in [-0.1, -0.05) is 36.4 Å². The molecule has 170 valence electrons. The van der Waals surface area contributed by atoms with E-state index in [0.717, 1.165) is 28.0 Å². The molecule has 1 aliphatic heterocycles. The van der Waals surface area contributed by atoms with Crippen LogP contribution < -0.4 is 10.1 Å². The Morgan fingerprint density at radius 3 is 2.33 bits per heavy atom. The Bertz CT molecular complexity index is 1070. The van der Waals surface area contributed by atoms with Crippen LogP contribution in [0, 0.1) is 5.92 Å². The lowest BCUT2D eigenvalue weighted by molar-refractivity contribution is -0.132. The summed E-state index contributed by atoms with van der Waals surface area (Å²) in [5.41, 5.74) is 4.40. The summed E-state index contributed by atoms with van der Waals surface area (Å²) in [5, 5.41) is 2.97. The van der Waals surface area contributed by atoms with E-state index in [4.69, 9.17) is 4.74 Å². The van der Waals surface area contributed by atoms with Crippen LogP contribution in [-0.2, 0) is 22.4 Å². The van der Waals surface area contributed by atoms with Gasteiger partial charge in [-0.15, -0.1) is 0 Å². The lowest BCUT2D eigenvalue weighted by atomic mass is 9.96. The largest absolute Gasteiger partial charge is 0.497 e. The third kappa shape index (κ3) is 5.98. The first-order chi connectivity index (χ1) is 16.1. The Morgan fingerprint density at radius 1 is 1.00 bits per heavy atom. The van der Waals surface area contributed by atoms with Gasteiger partial charge < -0.3 is 15.0 Å². The minimum atomic E-state index is -0.260. The lowest BCUT2D eigenvalue weighted by Crippen LogP contribution is -2.37. The van der Waals surface area contributed by atoms with Crippen molar-refractivity contribution >= 4 is 11.8 Å². The summed E-state index contributed by atoms with van der Waals surface area (Å²) in [6.45, 7) is 1.49. The van der Waals surface area contributed by atoms with E-state index in [1.807, 2.05) is 41.3 Å². The van der Waals surface area contributed by atoms with Gasteiger partial charge in [-0.2, -0.15) is 0 Å². The van der Waals surface area contributed by atoms with Crippen LogP contribution in [0.2, 0.25) is 0 Å². The van der Waals surface area contributed by atoms with E-state index in [0.29, 0.717) is 38.9 Å². The van der Waals surface area contributed by atoms with Crippen LogP contribution in [0.4, 0.5) is 0 Å². The fourth-order valence-corrected chi connectivity index (χ4v) is 4.14. The van der Waals surface area contributed by atoms with Crippen LogP contribution >= 0.6 is 0 Å². The Balaban J connectivity index is 1.38. The second-order valence-corrected chi connectivity index (χ2v) is 8.31. The summed E-state index contributed by atoms with van der Waals surface area (Å²) in [4.78, 5) is 31.3. The van der Waals surface area contributed by atoms with Crippen LogP contribution in [-0.4, -0.2) is 48.4 Å². The first kappa shape index (κ1) is 22.5. The first-order valence-electron chi connectivity index (χ1n) is 11.3. The Morgan fingerprint density at radius 2 is 1.67 bits per heavy atom. The average molecular weight is 444 g/mol. The molecule has 1 atom stereocenters. The van der Waals surface area contributed by atoms with E-state index in [1.165, 1.54) is 0 Å². The van der Waals surface area contributed by atoms with Crippen molar-refractivity contribution in [2.75, 3.05) is 26.7 Å². The van der Waals surface area contributed by atoms with Gasteiger partial charge in [0.25, 0.3) is 0 Å². The summed E-state index contributed by atoms with van der Waals surface area (Å²) in [7, 11) is 1.66. The standard InChI is InChI=1S/C27H29N3O3/c1-33-25-9-7-23(8-10-25)22-5-2-21(3-6-22)18-24-19-30(17-16-29-27(24)32)26(31)11-4-20-12-14-28-15-13-20/h2-3,5-10,12-15,24H,4,11,16-19H2,1H3,(H,29,32)/t24-/m0/s1. The normalized spacial score (nSPS) is 16.1. The van der Waals surface area contributed by atoms with E-state index < -0.39 is 0 Å². The molecule has 1 N–H and O–H groups in total. The molecular weight excluding hydrogens is 414 g/mol. The maximum absolute atomic E-state index is 12.8. The van der Waals surface area contributed by atoms with Crippen LogP contribution in [0.1, 0.15) is 17.5 Å². The number of hydrogen-bond donors (Lipinski definition) is 1. The first-order valence-corrected chi connectivity index (χ1v) is 11.3. The number of amides is 2. The number of aryl methyl sites for hydroxylation is 1. The van der Waals surface area contributed by atoms with E-state index in [2.05, 4.69) is 34.6 Å². The maximum atomic E-state index is 12.8. The predicted octanol–water partition coefficient (Wildman–Crippen LogP) is 3.51. The molecule has 3 aromatic rings. The summed E-state index contributed by atoms with van der Waals surface area (Å²) in [6.07, 6.45) is 5.19. The van der Waals surface area contributed by atoms with Crippen molar-refractivity contribution in [3.8, 4) is 16.9 Å². The van der Waals surface area contributed by atoms with Gasteiger partial charge >= 0.3 is 0 Å². The van der Waals surface area contributed by atoms with Gasteiger partial charge in [0.1, 0.15) is 5.75 Å². The molecule has 2 amide bonds. The zero-order chi connectivity index (χ0) is 23.0. The van der Waals surface area contributed by atoms with Crippen LogP contribution in [0.25, 0.3) is 11.1 Å². The highest BCUT2D eigenvalue weighted by Gasteiger charge is 2.27. The van der Waals surface area contributed by atoms with E-state index in [-0.39, 0.29) is 17.7 Å². The third-order valence-electron chi connectivity index (χ3n) is 6.08. The van der Waals surface area contributed by atoms with Crippen molar-refractivity contribution in [1.82, 2.24) is 15.2 Å². The molecule has 4 rings (SSSR count). The van der Waals surface area contributed by atoms with Gasteiger partial charge in [-0.25, -0.2) is 0 Å². The molecule has 0 unspecified atom stereocenters. The van der Waals surface area contributed by atoms with E-state index in [9.17, 15) is 9.59 Å². The Hall–Kier alpha value is -3.67. The number of carbonyl (C=O) groups is 2. The van der Waals surface area contributed by atoms with Crippen molar-refractivity contribution in [3.63, 3.8) is 0 Å². The van der Waals surface area contributed by atoms with Gasteiger partial charge in [0.2, 0.25) is 11.8 Å². The molecule has 2 aromatic carbocycles. The molecule has 0 radical (unpaired) electrons. The highest BCUT2D eigenvalue weighted by molar-refractivity contribution is 5.82. The number of nitrogens with one attached hydrogen (secondary N) is 1. The van der Waals surface area contributed by atoms with Crippen molar-refractivity contribution in [1.29, 1.82) is 0 Å². The van der Waals surface area contributed by atoms with Crippen LogP contribution in [0.15, 0.2) is 73.1 Å². The molecule has 0 aliphatic carbocycles. The number of ether oxygens (including phenoxy) is 1. The minimum Gasteiger partial charge on any atom is -0.497 e. The lowest BCUT2D eigenvalue weighted by Gasteiger charge is -2.23. The van der Waals surface area contributed by atoms with Crippen molar-refractivity contribution in [2.24, 2.45) is 5.92 Å². The number of pyridine rings is 1. The Kier molecular flexibility index (Phi) is 7.35. The van der Waals surface area contributed by atoms with Gasteiger partial charge in [-0.3, -0.25) is 14.6 Å². The molecule has 0 bridgehead atoms. The van der Waals surface area contributed by atoms with Gasteiger partial charge in [0.05, 0.1) is 13.0 Å². The fourth-order valence-electron chi connectivity index (χ4n) is 4.14. The molecule has 1 aromatic heterocycles. The Labute approximate surface area is 194 Å². The molecule has 6 heteroatoms. The maximum Gasteiger partial charge on any atom is 0.225 e. The van der Waals surface area contributed by atoms with Crippen molar-refractivity contribution in [2.45, 2.75) is 19.3 Å². The SMILES string of the molecule is COc1ccc(-c2ccc(C[C@H]3CN(C(=O)CCc4ccncc4)CCNC3=O)cc2)cc1. The number of rotatable bonds is 7. The molecule has 1 fully saturated rings. The molecule has 0 spiro atoms. The van der Waals surface area contributed by atoms with Crippen LogP contribution in [0.5, 0.6) is 5.75 Å². The molecule has 1 saturated heterocycles. The summed E-state index contributed by atoms with van der Waals surface area (Å²) in [6, 6.07) is 20.1.